The Hall–Kier alpha value is -1.95. The van der Waals surface area contributed by atoms with Crippen LogP contribution in [0.5, 0.6) is 0 Å². The minimum atomic E-state index is -0.485. The summed E-state index contributed by atoms with van der Waals surface area (Å²) in [4.78, 5) is 14.8. The molecule has 1 amide bonds. The number of halogens is 2. The van der Waals surface area contributed by atoms with Crippen LogP contribution in [0.4, 0.5) is 4.39 Å². The van der Waals surface area contributed by atoms with Gasteiger partial charge in [-0.15, -0.1) is 0 Å². The van der Waals surface area contributed by atoms with Gasteiger partial charge in [-0.25, -0.2) is 4.39 Å². The van der Waals surface area contributed by atoms with E-state index < -0.39 is 5.82 Å². The molecule has 4 nitrogen and oxygen atoms in total. The molecular formula is C20H22ClFN2O2. The van der Waals surface area contributed by atoms with E-state index in [0.717, 1.165) is 5.56 Å². The zero-order valence-electron chi connectivity index (χ0n) is 14.8. The molecule has 0 radical (unpaired) electrons. The van der Waals surface area contributed by atoms with Crippen molar-refractivity contribution < 1.29 is 13.9 Å². The summed E-state index contributed by atoms with van der Waals surface area (Å²) in [5.74, 6) is -0.626. The van der Waals surface area contributed by atoms with Gasteiger partial charge in [0.25, 0.3) is 5.91 Å². The summed E-state index contributed by atoms with van der Waals surface area (Å²) in [6.45, 7) is 1.19. The topological polar surface area (TPSA) is 41.6 Å². The van der Waals surface area contributed by atoms with Gasteiger partial charge in [-0.05, 0) is 49.8 Å². The van der Waals surface area contributed by atoms with Crippen molar-refractivity contribution in [3.63, 3.8) is 0 Å². The fourth-order valence-corrected chi connectivity index (χ4v) is 3.34. The highest BCUT2D eigenvalue weighted by Gasteiger charge is 2.32. The number of amides is 1. The SMILES string of the molecule is CN(C)Cc1ccccc1C(=O)N[C@H]1CCO[C@@H]1c1ccc(Cl)c(F)c1. The van der Waals surface area contributed by atoms with Crippen LogP contribution in [0.15, 0.2) is 42.5 Å². The van der Waals surface area contributed by atoms with Gasteiger partial charge in [0.15, 0.2) is 0 Å². The van der Waals surface area contributed by atoms with Crippen molar-refractivity contribution in [2.24, 2.45) is 0 Å². The summed E-state index contributed by atoms with van der Waals surface area (Å²) in [5, 5.41) is 3.13. The lowest BCUT2D eigenvalue weighted by Crippen LogP contribution is -2.37. The molecule has 1 aliphatic rings. The fourth-order valence-electron chi connectivity index (χ4n) is 3.22. The summed E-state index contributed by atoms with van der Waals surface area (Å²) >= 11 is 5.76. The van der Waals surface area contributed by atoms with Gasteiger partial charge in [-0.1, -0.05) is 35.9 Å². The first-order valence-electron chi connectivity index (χ1n) is 8.55. The summed E-state index contributed by atoms with van der Waals surface area (Å²) in [5.41, 5.74) is 2.29. The van der Waals surface area contributed by atoms with Gasteiger partial charge in [-0.2, -0.15) is 0 Å². The predicted molar refractivity (Wildman–Crippen MR) is 99.8 cm³/mol. The summed E-state index contributed by atoms with van der Waals surface area (Å²) in [7, 11) is 3.93. The third-order valence-corrected chi connectivity index (χ3v) is 4.74. The van der Waals surface area contributed by atoms with Gasteiger partial charge < -0.3 is 15.0 Å². The van der Waals surface area contributed by atoms with Crippen molar-refractivity contribution in [1.82, 2.24) is 10.2 Å². The molecule has 1 aliphatic heterocycles. The predicted octanol–water partition coefficient (Wildman–Crippen LogP) is 3.80. The van der Waals surface area contributed by atoms with Gasteiger partial charge in [0.05, 0.1) is 11.1 Å². The number of carbonyl (C=O) groups is 1. The molecule has 1 heterocycles. The van der Waals surface area contributed by atoms with Crippen molar-refractivity contribution in [3.05, 3.63) is 70.0 Å². The molecule has 3 rings (SSSR count). The van der Waals surface area contributed by atoms with Crippen LogP contribution < -0.4 is 5.32 Å². The van der Waals surface area contributed by atoms with E-state index >= 15 is 0 Å². The number of hydrogen-bond acceptors (Lipinski definition) is 3. The molecule has 2 aromatic carbocycles. The Morgan fingerprint density at radius 3 is 2.81 bits per heavy atom. The number of hydrogen-bond donors (Lipinski definition) is 1. The van der Waals surface area contributed by atoms with Crippen molar-refractivity contribution in [1.29, 1.82) is 0 Å². The maximum Gasteiger partial charge on any atom is 0.251 e. The van der Waals surface area contributed by atoms with Gasteiger partial charge in [-0.3, -0.25) is 4.79 Å². The van der Waals surface area contributed by atoms with Crippen LogP contribution in [0.2, 0.25) is 5.02 Å². The molecular weight excluding hydrogens is 355 g/mol. The monoisotopic (exact) mass is 376 g/mol. The molecule has 26 heavy (non-hydrogen) atoms. The van der Waals surface area contributed by atoms with E-state index in [1.807, 2.05) is 43.3 Å². The number of ether oxygens (including phenoxy) is 1. The lowest BCUT2D eigenvalue weighted by Gasteiger charge is -2.21. The minimum Gasteiger partial charge on any atom is -0.371 e. The Morgan fingerprint density at radius 2 is 2.08 bits per heavy atom. The number of benzene rings is 2. The average molecular weight is 377 g/mol. The summed E-state index contributed by atoms with van der Waals surface area (Å²) in [6, 6.07) is 12.0. The molecule has 1 fully saturated rings. The first-order chi connectivity index (χ1) is 12.5. The summed E-state index contributed by atoms with van der Waals surface area (Å²) < 4.78 is 19.5. The van der Waals surface area contributed by atoms with Gasteiger partial charge in [0.1, 0.15) is 11.9 Å². The highest BCUT2D eigenvalue weighted by atomic mass is 35.5. The van der Waals surface area contributed by atoms with Crippen LogP contribution in [-0.2, 0) is 11.3 Å². The van der Waals surface area contributed by atoms with Gasteiger partial charge in [0, 0.05) is 18.7 Å². The first-order valence-corrected chi connectivity index (χ1v) is 8.93. The van der Waals surface area contributed by atoms with Crippen molar-refractivity contribution >= 4 is 17.5 Å². The van der Waals surface area contributed by atoms with Crippen molar-refractivity contribution in [3.8, 4) is 0 Å². The van der Waals surface area contributed by atoms with E-state index in [4.69, 9.17) is 16.3 Å². The summed E-state index contributed by atoms with van der Waals surface area (Å²) in [6.07, 6.45) is 0.294. The van der Waals surface area contributed by atoms with Crippen LogP contribution in [0.3, 0.4) is 0 Å². The Labute approximate surface area is 157 Å². The highest BCUT2D eigenvalue weighted by molar-refractivity contribution is 6.30. The molecule has 0 saturated carbocycles. The molecule has 6 heteroatoms. The number of rotatable bonds is 5. The largest absolute Gasteiger partial charge is 0.371 e. The Balaban J connectivity index is 1.77. The van der Waals surface area contributed by atoms with Crippen LogP contribution in [0.1, 0.15) is 34.0 Å². The van der Waals surface area contributed by atoms with Crippen LogP contribution in [-0.4, -0.2) is 37.6 Å². The maximum absolute atomic E-state index is 13.8. The molecule has 2 atom stereocenters. The van der Waals surface area contributed by atoms with Crippen molar-refractivity contribution in [2.75, 3.05) is 20.7 Å². The van der Waals surface area contributed by atoms with Gasteiger partial charge >= 0.3 is 0 Å². The van der Waals surface area contributed by atoms with E-state index in [2.05, 4.69) is 5.32 Å². The van der Waals surface area contributed by atoms with E-state index in [1.165, 1.54) is 12.1 Å². The molecule has 0 bridgehead atoms. The average Bonchev–Trinajstić information content (AvgIpc) is 3.05. The second-order valence-corrected chi connectivity index (χ2v) is 7.14. The minimum absolute atomic E-state index is 0.0740. The van der Waals surface area contributed by atoms with Gasteiger partial charge in [0.2, 0.25) is 0 Å². The van der Waals surface area contributed by atoms with E-state index in [1.54, 1.807) is 6.07 Å². The molecule has 0 aromatic heterocycles. The normalized spacial score (nSPS) is 19.7. The molecule has 2 aromatic rings. The maximum atomic E-state index is 13.8. The number of carbonyl (C=O) groups excluding carboxylic acids is 1. The van der Waals surface area contributed by atoms with Crippen molar-refractivity contribution in [2.45, 2.75) is 25.1 Å². The molecule has 0 aliphatic carbocycles. The quantitative estimate of drug-likeness (QED) is 0.863. The van der Waals surface area contributed by atoms with Crippen LogP contribution >= 0.6 is 11.6 Å². The van der Waals surface area contributed by atoms with Crippen LogP contribution in [0.25, 0.3) is 0 Å². The zero-order chi connectivity index (χ0) is 18.7. The standard InChI is InChI=1S/C20H22ClFN2O2/c1-24(2)12-14-5-3-4-6-15(14)20(25)23-18-9-10-26-19(18)13-7-8-16(21)17(22)11-13/h3-8,11,18-19H,9-10,12H2,1-2H3,(H,23,25)/t18-,19+/m0/s1. The molecule has 138 valence electrons. The second kappa shape index (κ2) is 8.16. The highest BCUT2D eigenvalue weighted by Crippen LogP contribution is 2.31. The fraction of sp³-hybridized carbons (Fsp3) is 0.350. The van der Waals surface area contributed by atoms with E-state index in [0.29, 0.717) is 30.7 Å². The van der Waals surface area contributed by atoms with E-state index in [9.17, 15) is 9.18 Å². The molecule has 0 spiro atoms. The van der Waals surface area contributed by atoms with E-state index in [-0.39, 0.29) is 23.1 Å². The lowest BCUT2D eigenvalue weighted by molar-refractivity contribution is 0.0819. The Kier molecular flexibility index (Phi) is 5.91. The number of nitrogens with one attached hydrogen (secondary N) is 1. The second-order valence-electron chi connectivity index (χ2n) is 6.73. The number of nitrogens with zero attached hydrogens (tertiary/aromatic N) is 1. The van der Waals surface area contributed by atoms with Crippen LogP contribution in [0, 0.1) is 5.82 Å². The molecule has 1 N–H and O–H groups in total. The smallest absolute Gasteiger partial charge is 0.251 e. The third-order valence-electron chi connectivity index (χ3n) is 4.43. The third kappa shape index (κ3) is 4.23. The zero-order valence-corrected chi connectivity index (χ0v) is 15.6. The Morgan fingerprint density at radius 1 is 1.31 bits per heavy atom. The molecule has 1 saturated heterocycles. The lowest BCUT2D eigenvalue weighted by atomic mass is 10.0. The first kappa shape index (κ1) is 18.8. The Bertz CT molecular complexity index is 797. The molecule has 0 unspecified atom stereocenters.